The van der Waals surface area contributed by atoms with Gasteiger partial charge in [-0.15, -0.1) is 9.78 Å². The van der Waals surface area contributed by atoms with Gasteiger partial charge in [-0.3, -0.25) is 11.5 Å². The first kappa shape index (κ1) is 3.97. The van der Waals surface area contributed by atoms with Crippen LogP contribution in [0.15, 0.2) is 0 Å². The highest BCUT2D eigenvalue weighted by Crippen LogP contribution is 2.08. The quantitative estimate of drug-likeness (QED) is 0.278. The molecule has 0 aromatic heterocycles. The lowest BCUT2D eigenvalue weighted by Gasteiger charge is -2.27. The second-order valence-corrected chi connectivity index (χ2v) is 0.956. The van der Waals surface area contributed by atoms with E-state index < -0.39 is 6.03 Å². The molecule has 4 N–H and O–H groups in total. The molecular formula is CH4N2O3. The lowest BCUT2D eigenvalue weighted by atomic mass is 10.9. The molecule has 5 nitrogen and oxygen atoms in total. The van der Waals surface area contributed by atoms with Crippen LogP contribution < -0.4 is 11.5 Å². The van der Waals surface area contributed by atoms with E-state index >= 15 is 0 Å². The van der Waals surface area contributed by atoms with Crippen molar-refractivity contribution in [3.63, 3.8) is 0 Å². The van der Waals surface area contributed by atoms with Gasteiger partial charge in [0.1, 0.15) is 0 Å². The SMILES string of the molecule is NC1(N)OOO1. The Bertz CT molecular complexity index is 55.8. The molecule has 5 heteroatoms. The molecule has 1 aliphatic heterocycles. The fourth-order valence-electron chi connectivity index (χ4n) is 0.113. The van der Waals surface area contributed by atoms with Crippen molar-refractivity contribution in [3.05, 3.63) is 0 Å². The van der Waals surface area contributed by atoms with E-state index in [0.29, 0.717) is 0 Å². The molecule has 0 bridgehead atoms. The third kappa shape index (κ3) is 0.490. The smallest absolute Gasteiger partial charge is 0.262 e. The van der Waals surface area contributed by atoms with E-state index in [9.17, 15) is 0 Å². The Labute approximate surface area is 33.6 Å². The molecule has 0 atom stereocenters. The molecule has 0 unspecified atom stereocenters. The van der Waals surface area contributed by atoms with Gasteiger partial charge in [0, 0.05) is 0 Å². The number of hydrogen-bond donors (Lipinski definition) is 2. The van der Waals surface area contributed by atoms with Gasteiger partial charge >= 0.3 is 6.03 Å². The molecule has 1 fully saturated rings. The van der Waals surface area contributed by atoms with Gasteiger partial charge in [-0.2, -0.15) is 0 Å². The highest BCUT2D eigenvalue weighted by Gasteiger charge is 2.34. The first-order valence-electron chi connectivity index (χ1n) is 1.32. The maximum Gasteiger partial charge on any atom is 0.349 e. The summed E-state index contributed by atoms with van der Waals surface area (Å²) in [5, 5.41) is 3.69. The Balaban J connectivity index is 2.31. The van der Waals surface area contributed by atoms with Crippen molar-refractivity contribution in [1.82, 2.24) is 0 Å². The van der Waals surface area contributed by atoms with Crippen molar-refractivity contribution in [2.24, 2.45) is 11.5 Å². The Kier molecular flexibility index (Phi) is 0.593. The monoisotopic (exact) mass is 92.0 g/mol. The van der Waals surface area contributed by atoms with Crippen LogP contribution in [0.1, 0.15) is 0 Å². The third-order valence-electron chi connectivity index (χ3n) is 0.329. The number of nitrogens with two attached hydrogens (primary N) is 2. The van der Waals surface area contributed by atoms with Crippen LogP contribution in [0.3, 0.4) is 0 Å². The molecule has 0 spiro atoms. The van der Waals surface area contributed by atoms with Gasteiger partial charge in [0.25, 0.3) is 0 Å². The van der Waals surface area contributed by atoms with Crippen LogP contribution in [-0.4, -0.2) is 6.03 Å². The predicted molar refractivity (Wildman–Crippen MR) is 14.4 cm³/mol. The minimum absolute atomic E-state index is 1.50. The van der Waals surface area contributed by atoms with Crippen LogP contribution >= 0.6 is 0 Å². The lowest BCUT2D eigenvalue weighted by Crippen LogP contribution is -2.61. The van der Waals surface area contributed by atoms with Gasteiger partial charge in [0.2, 0.25) is 0 Å². The van der Waals surface area contributed by atoms with Crippen molar-refractivity contribution < 1.29 is 14.8 Å². The van der Waals surface area contributed by atoms with Gasteiger partial charge in [-0.05, 0) is 0 Å². The van der Waals surface area contributed by atoms with Crippen molar-refractivity contribution in [3.8, 4) is 0 Å². The van der Waals surface area contributed by atoms with E-state index in [1.54, 1.807) is 0 Å². The summed E-state index contributed by atoms with van der Waals surface area (Å²) in [6, 6.07) is -1.50. The lowest BCUT2D eigenvalue weighted by molar-refractivity contribution is -0.730. The Hall–Kier alpha value is -0.200. The first-order chi connectivity index (χ1) is 2.71. The van der Waals surface area contributed by atoms with Crippen LogP contribution in [0.2, 0.25) is 0 Å². The summed E-state index contributed by atoms with van der Waals surface area (Å²) in [7, 11) is 0. The van der Waals surface area contributed by atoms with Gasteiger partial charge in [0.05, 0.1) is 0 Å². The van der Waals surface area contributed by atoms with Gasteiger partial charge in [0.15, 0.2) is 0 Å². The molecule has 0 aromatic rings. The molecule has 1 rings (SSSR count). The molecule has 1 heterocycles. The molecule has 0 saturated carbocycles. The van der Waals surface area contributed by atoms with E-state index in [-0.39, 0.29) is 0 Å². The van der Waals surface area contributed by atoms with Crippen LogP contribution in [0.25, 0.3) is 0 Å². The summed E-state index contributed by atoms with van der Waals surface area (Å²) in [5.41, 5.74) is 9.66. The summed E-state index contributed by atoms with van der Waals surface area (Å²) in [5.74, 6) is 0. The zero-order valence-corrected chi connectivity index (χ0v) is 2.88. The van der Waals surface area contributed by atoms with Crippen molar-refractivity contribution >= 4 is 0 Å². The zero-order chi connectivity index (χ0) is 4.62. The van der Waals surface area contributed by atoms with E-state index in [4.69, 9.17) is 11.5 Å². The molecule has 0 amide bonds. The normalized spacial score (nSPS) is 29.0. The Morgan fingerprint density at radius 3 is 1.50 bits per heavy atom. The van der Waals surface area contributed by atoms with E-state index in [1.807, 2.05) is 0 Å². The standard InChI is InChI=1S/CH4N2O3/c2-1(3)4-6-5-1/h2-3H2. The zero-order valence-electron chi connectivity index (χ0n) is 2.88. The molecular weight excluding hydrogens is 88.0 g/mol. The minimum Gasteiger partial charge on any atom is -0.262 e. The van der Waals surface area contributed by atoms with Crippen LogP contribution in [0.5, 0.6) is 0 Å². The summed E-state index contributed by atoms with van der Waals surface area (Å²) >= 11 is 0. The van der Waals surface area contributed by atoms with Crippen LogP contribution in [0, 0.1) is 0 Å². The summed E-state index contributed by atoms with van der Waals surface area (Å²) in [6.07, 6.45) is 0. The fourth-order valence-corrected chi connectivity index (χ4v) is 0.113. The van der Waals surface area contributed by atoms with E-state index in [1.165, 1.54) is 0 Å². The van der Waals surface area contributed by atoms with Crippen LogP contribution in [0.4, 0.5) is 0 Å². The van der Waals surface area contributed by atoms with Crippen LogP contribution in [-0.2, 0) is 14.8 Å². The first-order valence-corrected chi connectivity index (χ1v) is 1.32. The van der Waals surface area contributed by atoms with Crippen molar-refractivity contribution in [1.29, 1.82) is 0 Å². The largest absolute Gasteiger partial charge is 0.349 e. The molecule has 0 radical (unpaired) electrons. The maximum atomic E-state index is 4.83. The Morgan fingerprint density at radius 1 is 1.17 bits per heavy atom. The minimum atomic E-state index is -1.50. The fraction of sp³-hybridized carbons (Fsp3) is 1.00. The molecule has 1 saturated heterocycles. The molecule has 6 heavy (non-hydrogen) atoms. The van der Waals surface area contributed by atoms with Gasteiger partial charge in [-0.25, -0.2) is 0 Å². The van der Waals surface area contributed by atoms with E-state index in [0.717, 1.165) is 0 Å². The predicted octanol–water partition coefficient (Wildman–Crippen LogP) is -1.59. The molecule has 0 aromatic carbocycles. The highest BCUT2D eigenvalue weighted by molar-refractivity contribution is 4.40. The maximum absolute atomic E-state index is 4.83. The number of hydrogen-bond acceptors (Lipinski definition) is 5. The molecule has 36 valence electrons. The second kappa shape index (κ2) is 0.895. The average molecular weight is 92.1 g/mol. The highest BCUT2D eigenvalue weighted by atomic mass is 17.6. The average Bonchev–Trinajstić information content (AvgIpc) is 1.32. The topological polar surface area (TPSA) is 79.7 Å². The Morgan fingerprint density at radius 2 is 1.50 bits per heavy atom. The summed E-state index contributed by atoms with van der Waals surface area (Å²) in [6.45, 7) is 0. The van der Waals surface area contributed by atoms with Crippen molar-refractivity contribution in [2.45, 2.75) is 6.03 Å². The number of rotatable bonds is 0. The third-order valence-corrected chi connectivity index (χ3v) is 0.329. The summed E-state index contributed by atoms with van der Waals surface area (Å²) < 4.78 is 0. The van der Waals surface area contributed by atoms with Gasteiger partial charge in [-0.1, -0.05) is 5.04 Å². The van der Waals surface area contributed by atoms with E-state index in [2.05, 4.69) is 14.8 Å². The van der Waals surface area contributed by atoms with Crippen molar-refractivity contribution in [2.75, 3.05) is 0 Å². The summed E-state index contributed by atoms with van der Waals surface area (Å²) in [4.78, 5) is 7.90. The molecule has 0 aliphatic carbocycles. The molecule has 1 aliphatic rings. The van der Waals surface area contributed by atoms with Gasteiger partial charge < -0.3 is 0 Å². The second-order valence-electron chi connectivity index (χ2n) is 0.956.